The number of amides is 1. The van der Waals surface area contributed by atoms with E-state index in [1.54, 1.807) is 37.3 Å². The van der Waals surface area contributed by atoms with Gasteiger partial charge in [-0.25, -0.2) is 0 Å². The molecule has 112 valence electrons. The summed E-state index contributed by atoms with van der Waals surface area (Å²) >= 11 is 5.00. The van der Waals surface area contributed by atoms with Crippen LogP contribution in [0.2, 0.25) is 0 Å². The SMILES string of the molecule is Cc1ccc(NC(=O)C(=S)Nc2ccccc2)c([N+](=O)[O-])c1. The van der Waals surface area contributed by atoms with Crippen LogP contribution in [-0.2, 0) is 4.79 Å². The molecule has 2 aromatic rings. The normalized spacial score (nSPS) is 9.86. The van der Waals surface area contributed by atoms with E-state index in [4.69, 9.17) is 12.2 Å². The van der Waals surface area contributed by atoms with E-state index in [2.05, 4.69) is 10.6 Å². The monoisotopic (exact) mass is 315 g/mol. The molecule has 0 fully saturated rings. The summed E-state index contributed by atoms with van der Waals surface area (Å²) in [4.78, 5) is 22.4. The van der Waals surface area contributed by atoms with E-state index in [0.717, 1.165) is 5.56 Å². The van der Waals surface area contributed by atoms with Gasteiger partial charge < -0.3 is 10.6 Å². The molecule has 0 saturated carbocycles. The first-order valence-corrected chi connectivity index (χ1v) is 6.80. The number of hydrogen-bond donors (Lipinski definition) is 2. The van der Waals surface area contributed by atoms with Gasteiger partial charge in [0.25, 0.3) is 11.6 Å². The zero-order chi connectivity index (χ0) is 16.1. The number of aryl methyl sites for hydroxylation is 1. The predicted octanol–water partition coefficient (Wildman–Crippen LogP) is 3.28. The molecule has 1 amide bonds. The van der Waals surface area contributed by atoms with Gasteiger partial charge in [-0.05, 0) is 30.7 Å². The number of carbonyl (C=O) groups is 1. The van der Waals surface area contributed by atoms with Crippen LogP contribution in [0.1, 0.15) is 5.56 Å². The van der Waals surface area contributed by atoms with Crippen molar-refractivity contribution >= 4 is 40.2 Å². The van der Waals surface area contributed by atoms with Crippen LogP contribution in [0, 0.1) is 17.0 Å². The molecule has 0 aliphatic rings. The van der Waals surface area contributed by atoms with Gasteiger partial charge in [-0.3, -0.25) is 14.9 Å². The summed E-state index contributed by atoms with van der Waals surface area (Å²) in [5.41, 5.74) is 1.34. The predicted molar refractivity (Wildman–Crippen MR) is 89.1 cm³/mol. The van der Waals surface area contributed by atoms with Gasteiger partial charge in [-0.15, -0.1) is 0 Å². The molecule has 0 aliphatic heterocycles. The molecule has 0 radical (unpaired) electrons. The van der Waals surface area contributed by atoms with Gasteiger partial charge in [0.1, 0.15) is 5.69 Å². The Kier molecular flexibility index (Phi) is 4.80. The molecule has 0 spiro atoms. The number of nitrogens with one attached hydrogen (secondary N) is 2. The first-order valence-electron chi connectivity index (χ1n) is 6.40. The molecule has 2 rings (SSSR count). The Morgan fingerprint density at radius 2 is 1.82 bits per heavy atom. The third-order valence-electron chi connectivity index (χ3n) is 2.84. The van der Waals surface area contributed by atoms with Crippen molar-refractivity contribution in [1.29, 1.82) is 0 Å². The molecule has 0 bridgehead atoms. The van der Waals surface area contributed by atoms with Crippen LogP contribution in [-0.4, -0.2) is 15.8 Å². The Morgan fingerprint density at radius 1 is 1.14 bits per heavy atom. The van der Waals surface area contributed by atoms with Crippen molar-refractivity contribution in [1.82, 2.24) is 0 Å². The summed E-state index contributed by atoms with van der Waals surface area (Å²) in [7, 11) is 0. The number of para-hydroxylation sites is 1. The Bertz CT molecular complexity index is 732. The average Bonchev–Trinajstić information content (AvgIpc) is 2.49. The highest BCUT2D eigenvalue weighted by Gasteiger charge is 2.18. The van der Waals surface area contributed by atoms with Gasteiger partial charge in [0.2, 0.25) is 0 Å². The summed E-state index contributed by atoms with van der Waals surface area (Å²) in [6.45, 7) is 1.74. The lowest BCUT2D eigenvalue weighted by Crippen LogP contribution is -2.27. The molecule has 2 aromatic carbocycles. The van der Waals surface area contributed by atoms with Crippen LogP contribution in [0.3, 0.4) is 0 Å². The van der Waals surface area contributed by atoms with Gasteiger partial charge in [0.15, 0.2) is 4.99 Å². The molecular formula is C15H13N3O3S. The minimum absolute atomic E-state index is 0.0685. The van der Waals surface area contributed by atoms with Crippen LogP contribution >= 0.6 is 12.2 Å². The van der Waals surface area contributed by atoms with E-state index in [1.165, 1.54) is 12.1 Å². The van der Waals surface area contributed by atoms with Gasteiger partial charge in [-0.2, -0.15) is 0 Å². The summed E-state index contributed by atoms with van der Waals surface area (Å²) in [6, 6.07) is 13.5. The number of anilines is 2. The van der Waals surface area contributed by atoms with Crippen molar-refractivity contribution in [3.8, 4) is 0 Å². The summed E-state index contributed by atoms with van der Waals surface area (Å²) in [5, 5.41) is 16.2. The van der Waals surface area contributed by atoms with Crippen molar-refractivity contribution in [2.75, 3.05) is 10.6 Å². The number of benzene rings is 2. The first-order chi connectivity index (χ1) is 10.5. The smallest absolute Gasteiger partial charge is 0.293 e. The number of nitro groups is 1. The third kappa shape index (κ3) is 3.86. The van der Waals surface area contributed by atoms with Crippen molar-refractivity contribution in [3.63, 3.8) is 0 Å². The lowest BCUT2D eigenvalue weighted by Gasteiger charge is -2.09. The fraction of sp³-hybridized carbons (Fsp3) is 0.0667. The molecule has 0 aromatic heterocycles. The number of thiocarbonyl (C=S) groups is 1. The van der Waals surface area contributed by atoms with Gasteiger partial charge in [0.05, 0.1) is 4.92 Å². The average molecular weight is 315 g/mol. The minimum Gasteiger partial charge on any atom is -0.342 e. The van der Waals surface area contributed by atoms with Crippen LogP contribution in [0.25, 0.3) is 0 Å². The second-order valence-corrected chi connectivity index (χ2v) is 4.96. The Hall–Kier alpha value is -2.80. The zero-order valence-corrected chi connectivity index (χ0v) is 12.5. The maximum Gasteiger partial charge on any atom is 0.293 e. The molecule has 0 atom stereocenters. The summed E-state index contributed by atoms with van der Waals surface area (Å²) in [6.07, 6.45) is 0. The lowest BCUT2D eigenvalue weighted by molar-refractivity contribution is -0.384. The topological polar surface area (TPSA) is 84.3 Å². The molecule has 0 aliphatic carbocycles. The van der Waals surface area contributed by atoms with E-state index in [1.807, 2.05) is 6.07 Å². The fourth-order valence-corrected chi connectivity index (χ4v) is 1.96. The number of nitrogens with zero attached hydrogens (tertiary/aromatic N) is 1. The number of rotatable bonds is 3. The standard InChI is InChI=1S/C15H13N3O3S/c1-10-7-8-12(13(9-10)18(20)21)17-14(19)15(22)16-11-5-3-2-4-6-11/h2-9H,1H3,(H,16,22)(H,17,19). The Labute approximate surface area is 132 Å². The zero-order valence-electron chi connectivity index (χ0n) is 11.7. The highest BCUT2D eigenvalue weighted by molar-refractivity contribution is 7.82. The minimum atomic E-state index is -0.606. The molecule has 0 heterocycles. The van der Waals surface area contributed by atoms with E-state index in [-0.39, 0.29) is 16.4 Å². The van der Waals surface area contributed by atoms with Crippen molar-refractivity contribution in [3.05, 3.63) is 64.2 Å². The second kappa shape index (κ2) is 6.77. The van der Waals surface area contributed by atoms with E-state index in [0.29, 0.717) is 5.69 Å². The second-order valence-electron chi connectivity index (χ2n) is 4.55. The number of nitro benzene ring substituents is 1. The highest BCUT2D eigenvalue weighted by Crippen LogP contribution is 2.25. The van der Waals surface area contributed by atoms with Gasteiger partial charge in [0, 0.05) is 11.8 Å². The van der Waals surface area contributed by atoms with Gasteiger partial charge >= 0.3 is 0 Å². The summed E-state index contributed by atoms with van der Waals surface area (Å²) in [5.74, 6) is -0.606. The molecule has 6 nitrogen and oxygen atoms in total. The van der Waals surface area contributed by atoms with E-state index >= 15 is 0 Å². The first kappa shape index (κ1) is 15.6. The maximum absolute atomic E-state index is 12.0. The molecule has 2 N–H and O–H groups in total. The van der Waals surface area contributed by atoms with Crippen molar-refractivity contribution in [2.45, 2.75) is 6.92 Å². The molecule has 0 unspecified atom stereocenters. The highest BCUT2D eigenvalue weighted by atomic mass is 32.1. The van der Waals surface area contributed by atoms with Crippen LogP contribution in [0.15, 0.2) is 48.5 Å². The maximum atomic E-state index is 12.0. The third-order valence-corrected chi connectivity index (χ3v) is 3.12. The molecular weight excluding hydrogens is 302 g/mol. The molecule has 0 saturated heterocycles. The van der Waals surface area contributed by atoms with E-state index in [9.17, 15) is 14.9 Å². The van der Waals surface area contributed by atoms with Crippen molar-refractivity contribution in [2.24, 2.45) is 0 Å². The Morgan fingerprint density at radius 3 is 2.45 bits per heavy atom. The number of hydrogen-bond acceptors (Lipinski definition) is 4. The molecule has 22 heavy (non-hydrogen) atoms. The quantitative estimate of drug-likeness (QED) is 0.516. The fourth-order valence-electron chi connectivity index (χ4n) is 1.79. The largest absolute Gasteiger partial charge is 0.342 e. The van der Waals surface area contributed by atoms with Gasteiger partial charge in [-0.1, -0.05) is 36.5 Å². The number of carbonyl (C=O) groups excluding carboxylic acids is 1. The molecule has 7 heteroatoms. The van der Waals surface area contributed by atoms with E-state index < -0.39 is 10.8 Å². The van der Waals surface area contributed by atoms with Crippen LogP contribution in [0.4, 0.5) is 17.1 Å². The van der Waals surface area contributed by atoms with Crippen LogP contribution < -0.4 is 10.6 Å². The Balaban J connectivity index is 2.12. The van der Waals surface area contributed by atoms with Crippen LogP contribution in [0.5, 0.6) is 0 Å². The summed E-state index contributed by atoms with van der Waals surface area (Å²) < 4.78 is 0. The lowest BCUT2D eigenvalue weighted by atomic mass is 10.2. The van der Waals surface area contributed by atoms with Crippen molar-refractivity contribution < 1.29 is 9.72 Å².